The van der Waals surface area contributed by atoms with Crippen LogP contribution in [0.25, 0.3) is 0 Å². The molecule has 0 aromatic carbocycles. The summed E-state index contributed by atoms with van der Waals surface area (Å²) in [6.07, 6.45) is 9.43. The Kier molecular flexibility index (Phi) is 8.29. The second-order valence-electron chi connectivity index (χ2n) is 9.72. The van der Waals surface area contributed by atoms with E-state index < -0.39 is 5.60 Å². The molecule has 0 saturated carbocycles. The first-order chi connectivity index (χ1) is 14.8. The van der Waals surface area contributed by atoms with Crippen LogP contribution in [-0.2, 0) is 9.53 Å². The minimum atomic E-state index is -0.488. The number of rotatable bonds is 7. The molecule has 2 saturated heterocycles. The van der Waals surface area contributed by atoms with Crippen LogP contribution in [0, 0.1) is 5.92 Å². The van der Waals surface area contributed by atoms with Gasteiger partial charge in [0.05, 0.1) is 0 Å². The van der Waals surface area contributed by atoms with Crippen LogP contribution in [0.2, 0.25) is 0 Å². The first-order valence-electron chi connectivity index (χ1n) is 11.7. The van der Waals surface area contributed by atoms with Gasteiger partial charge in [0.2, 0.25) is 5.91 Å². The van der Waals surface area contributed by atoms with Crippen molar-refractivity contribution in [2.45, 2.75) is 70.9 Å². The van der Waals surface area contributed by atoms with Gasteiger partial charge in [0.1, 0.15) is 5.60 Å². The van der Waals surface area contributed by atoms with Crippen LogP contribution in [0.4, 0.5) is 4.79 Å². The molecule has 0 unspecified atom stereocenters. The Morgan fingerprint density at radius 3 is 2.61 bits per heavy atom. The summed E-state index contributed by atoms with van der Waals surface area (Å²) >= 11 is 0. The number of nitrogens with one attached hydrogen (secondary N) is 1. The molecule has 2 aliphatic rings. The summed E-state index contributed by atoms with van der Waals surface area (Å²) in [7, 11) is 0. The summed E-state index contributed by atoms with van der Waals surface area (Å²) in [5, 5.41) is 3.10. The number of piperidine rings is 1. The zero-order valence-corrected chi connectivity index (χ0v) is 19.3. The molecule has 3 rings (SSSR count). The van der Waals surface area contributed by atoms with Crippen molar-refractivity contribution in [3.63, 3.8) is 0 Å². The lowest BCUT2D eigenvalue weighted by Crippen LogP contribution is -2.45. The topological polar surface area (TPSA) is 74.8 Å². The van der Waals surface area contributed by atoms with Gasteiger partial charge in [-0.2, -0.15) is 0 Å². The number of likely N-dealkylation sites (tertiary alicyclic amines) is 2. The SMILES string of the molecule is CC(C)(C)OC(=O)N1CCC(C(=O)NCCCCN2CCC[C@H]2c2cccnc2)CC1. The largest absolute Gasteiger partial charge is 0.444 e. The Balaban J connectivity index is 1.30. The van der Waals surface area contributed by atoms with Gasteiger partial charge < -0.3 is 15.0 Å². The highest BCUT2D eigenvalue weighted by Crippen LogP contribution is 2.31. The van der Waals surface area contributed by atoms with Crippen molar-refractivity contribution in [3.8, 4) is 0 Å². The summed E-state index contributed by atoms with van der Waals surface area (Å²) in [4.78, 5) is 33.2. The molecule has 31 heavy (non-hydrogen) atoms. The average molecular weight is 431 g/mol. The molecular formula is C24H38N4O3. The maximum atomic E-state index is 12.5. The number of aromatic nitrogens is 1. The number of ether oxygens (including phenoxy) is 1. The highest BCUT2D eigenvalue weighted by Gasteiger charge is 2.30. The summed E-state index contributed by atoms with van der Waals surface area (Å²) < 4.78 is 5.42. The van der Waals surface area contributed by atoms with E-state index in [-0.39, 0.29) is 17.9 Å². The fourth-order valence-corrected chi connectivity index (χ4v) is 4.49. The third kappa shape index (κ3) is 7.20. The van der Waals surface area contributed by atoms with Crippen LogP contribution in [0.5, 0.6) is 0 Å². The molecule has 0 radical (unpaired) electrons. The minimum absolute atomic E-state index is 0.00719. The molecular weight excluding hydrogens is 392 g/mol. The Morgan fingerprint density at radius 1 is 1.16 bits per heavy atom. The zero-order valence-electron chi connectivity index (χ0n) is 19.3. The van der Waals surface area contributed by atoms with Gasteiger partial charge >= 0.3 is 6.09 Å². The lowest BCUT2D eigenvalue weighted by Gasteiger charge is -2.33. The summed E-state index contributed by atoms with van der Waals surface area (Å²) in [6.45, 7) is 9.69. The summed E-state index contributed by atoms with van der Waals surface area (Å²) in [5.41, 5.74) is 0.823. The van der Waals surface area contributed by atoms with E-state index in [9.17, 15) is 9.59 Å². The fourth-order valence-electron chi connectivity index (χ4n) is 4.49. The number of carbonyl (C=O) groups is 2. The van der Waals surface area contributed by atoms with Gasteiger partial charge in [-0.3, -0.25) is 14.7 Å². The van der Waals surface area contributed by atoms with Gasteiger partial charge in [0.25, 0.3) is 0 Å². The van der Waals surface area contributed by atoms with Gasteiger partial charge in [-0.05, 0) is 84.0 Å². The molecule has 172 valence electrons. The van der Waals surface area contributed by atoms with Crippen LogP contribution in [0.15, 0.2) is 24.5 Å². The molecule has 2 fully saturated rings. The standard InChI is InChI=1S/C24H38N4O3/c1-24(2,3)31-23(30)28-16-10-19(11-17-28)22(29)26-13-4-5-14-27-15-7-9-21(27)20-8-6-12-25-18-20/h6,8,12,18-19,21H,4-5,7,9-11,13-17H2,1-3H3,(H,26,29)/t21-/m0/s1. The van der Waals surface area contributed by atoms with E-state index >= 15 is 0 Å². The summed E-state index contributed by atoms with van der Waals surface area (Å²) in [5.74, 6) is 0.116. The molecule has 7 nitrogen and oxygen atoms in total. The number of hydrogen-bond donors (Lipinski definition) is 1. The number of unbranched alkanes of at least 4 members (excludes halogenated alkanes) is 1. The third-order valence-corrected chi connectivity index (χ3v) is 6.12. The van der Waals surface area contributed by atoms with Crippen molar-refractivity contribution in [1.29, 1.82) is 0 Å². The Morgan fingerprint density at radius 2 is 1.94 bits per heavy atom. The minimum Gasteiger partial charge on any atom is -0.444 e. The highest BCUT2D eigenvalue weighted by atomic mass is 16.6. The van der Waals surface area contributed by atoms with Crippen molar-refractivity contribution >= 4 is 12.0 Å². The van der Waals surface area contributed by atoms with Crippen LogP contribution in [-0.4, -0.2) is 65.1 Å². The monoisotopic (exact) mass is 430 g/mol. The van der Waals surface area contributed by atoms with Gasteiger partial charge in [0.15, 0.2) is 0 Å². The lowest BCUT2D eigenvalue weighted by atomic mass is 9.96. The van der Waals surface area contributed by atoms with Crippen LogP contribution in [0.3, 0.4) is 0 Å². The quantitative estimate of drug-likeness (QED) is 0.667. The van der Waals surface area contributed by atoms with Crippen molar-refractivity contribution in [2.24, 2.45) is 5.92 Å². The molecule has 0 bridgehead atoms. The molecule has 7 heteroatoms. The molecule has 1 N–H and O–H groups in total. The Labute approximate surface area is 186 Å². The maximum absolute atomic E-state index is 12.5. The van der Waals surface area contributed by atoms with E-state index in [0.29, 0.717) is 32.0 Å². The van der Waals surface area contributed by atoms with Crippen LogP contribution < -0.4 is 5.32 Å². The lowest BCUT2D eigenvalue weighted by molar-refractivity contribution is -0.126. The Bertz CT molecular complexity index is 711. The molecule has 2 aliphatic heterocycles. The molecule has 1 aromatic rings. The van der Waals surface area contributed by atoms with E-state index in [0.717, 1.165) is 32.5 Å². The van der Waals surface area contributed by atoms with Gasteiger partial charge in [0, 0.05) is 44.0 Å². The molecule has 1 aromatic heterocycles. The third-order valence-electron chi connectivity index (χ3n) is 6.12. The van der Waals surface area contributed by atoms with Crippen LogP contribution >= 0.6 is 0 Å². The molecule has 3 heterocycles. The van der Waals surface area contributed by atoms with E-state index in [1.54, 1.807) is 4.90 Å². The first-order valence-corrected chi connectivity index (χ1v) is 11.7. The second kappa shape index (κ2) is 10.9. The first kappa shape index (κ1) is 23.5. The Hall–Kier alpha value is -2.15. The van der Waals surface area contributed by atoms with Crippen molar-refractivity contribution in [2.75, 3.05) is 32.7 Å². The van der Waals surface area contributed by atoms with E-state index in [1.807, 2.05) is 39.2 Å². The normalized spacial score (nSPS) is 20.6. The van der Waals surface area contributed by atoms with Crippen molar-refractivity contribution < 1.29 is 14.3 Å². The molecule has 1 atom stereocenters. The predicted octanol–water partition coefficient (Wildman–Crippen LogP) is 3.76. The molecule has 2 amide bonds. The van der Waals surface area contributed by atoms with Gasteiger partial charge in [-0.25, -0.2) is 4.79 Å². The number of carbonyl (C=O) groups excluding carboxylic acids is 2. The highest BCUT2D eigenvalue weighted by molar-refractivity contribution is 5.79. The predicted molar refractivity (Wildman–Crippen MR) is 121 cm³/mol. The number of hydrogen-bond acceptors (Lipinski definition) is 5. The number of amides is 2. The zero-order chi connectivity index (χ0) is 22.3. The van der Waals surface area contributed by atoms with E-state index in [4.69, 9.17) is 4.74 Å². The van der Waals surface area contributed by atoms with E-state index in [2.05, 4.69) is 21.3 Å². The van der Waals surface area contributed by atoms with Gasteiger partial charge in [-0.1, -0.05) is 6.07 Å². The fraction of sp³-hybridized carbons (Fsp3) is 0.708. The van der Waals surface area contributed by atoms with Crippen molar-refractivity contribution in [1.82, 2.24) is 20.1 Å². The maximum Gasteiger partial charge on any atom is 0.410 e. The van der Waals surface area contributed by atoms with E-state index in [1.165, 1.54) is 18.4 Å². The van der Waals surface area contributed by atoms with Crippen LogP contribution in [0.1, 0.15) is 70.9 Å². The van der Waals surface area contributed by atoms with Gasteiger partial charge in [-0.15, -0.1) is 0 Å². The smallest absolute Gasteiger partial charge is 0.410 e. The average Bonchev–Trinajstić information content (AvgIpc) is 3.21. The molecule has 0 aliphatic carbocycles. The van der Waals surface area contributed by atoms with Crippen molar-refractivity contribution in [3.05, 3.63) is 30.1 Å². The molecule has 0 spiro atoms. The number of nitrogens with zero attached hydrogens (tertiary/aromatic N) is 3. The second-order valence-corrected chi connectivity index (χ2v) is 9.72. The number of pyridine rings is 1. The summed E-state index contributed by atoms with van der Waals surface area (Å²) in [6, 6.07) is 4.67.